The van der Waals surface area contributed by atoms with Crippen molar-refractivity contribution in [1.82, 2.24) is 0 Å². The molecule has 1 rings (SSSR count). The third kappa shape index (κ3) is 1.88. The molecule has 0 bridgehead atoms. The molecule has 1 aliphatic heterocycles. The predicted molar refractivity (Wildman–Crippen MR) is 46.0 cm³/mol. The second kappa shape index (κ2) is 3.96. The van der Waals surface area contributed by atoms with Crippen molar-refractivity contribution >= 4 is 5.97 Å². The van der Waals surface area contributed by atoms with Gasteiger partial charge < -0.3 is 4.74 Å². The Bertz CT molecular complexity index is 265. The summed E-state index contributed by atoms with van der Waals surface area (Å²) in [5.41, 5.74) is 0. The third-order valence-corrected chi connectivity index (χ3v) is 1.86. The maximum Gasteiger partial charge on any atom is 0.315 e. The van der Waals surface area contributed by atoms with E-state index in [-0.39, 0.29) is 11.9 Å². The van der Waals surface area contributed by atoms with E-state index >= 15 is 0 Å². The van der Waals surface area contributed by atoms with Gasteiger partial charge in [0.2, 0.25) is 0 Å². The van der Waals surface area contributed by atoms with Crippen molar-refractivity contribution in [1.29, 1.82) is 0 Å². The van der Waals surface area contributed by atoms with Crippen LogP contribution in [-0.2, 0) is 9.53 Å². The summed E-state index contributed by atoms with van der Waals surface area (Å²) in [5.74, 6) is 6.27. The van der Waals surface area contributed by atoms with Crippen LogP contribution in [0.25, 0.3) is 0 Å². The SMILES string of the molecule is CC#CC[C@H]1C/C(=C/C)OC1=O. The zero-order valence-electron chi connectivity index (χ0n) is 7.39. The molecule has 0 spiro atoms. The fourth-order valence-corrected chi connectivity index (χ4v) is 1.14. The first-order valence-electron chi connectivity index (χ1n) is 4.04. The zero-order chi connectivity index (χ0) is 8.97. The molecule has 0 aliphatic carbocycles. The lowest BCUT2D eigenvalue weighted by Gasteiger charge is -1.94. The quantitative estimate of drug-likeness (QED) is 0.437. The van der Waals surface area contributed by atoms with Crippen LogP contribution in [0.5, 0.6) is 0 Å². The number of ether oxygens (including phenoxy) is 1. The normalized spacial score (nSPS) is 25.0. The van der Waals surface area contributed by atoms with Crippen molar-refractivity contribution in [3.8, 4) is 11.8 Å². The average molecular weight is 164 g/mol. The number of hydrogen-bond acceptors (Lipinski definition) is 2. The first-order valence-corrected chi connectivity index (χ1v) is 4.04. The Hall–Kier alpha value is -1.23. The van der Waals surface area contributed by atoms with E-state index in [0.717, 1.165) is 5.76 Å². The fraction of sp³-hybridized carbons (Fsp3) is 0.500. The molecule has 0 saturated carbocycles. The molecule has 1 heterocycles. The van der Waals surface area contributed by atoms with E-state index in [1.165, 1.54) is 0 Å². The largest absolute Gasteiger partial charge is 0.431 e. The van der Waals surface area contributed by atoms with Gasteiger partial charge in [0.05, 0.1) is 5.92 Å². The maximum absolute atomic E-state index is 11.1. The van der Waals surface area contributed by atoms with Gasteiger partial charge in [-0.15, -0.1) is 11.8 Å². The van der Waals surface area contributed by atoms with E-state index in [1.54, 1.807) is 6.92 Å². The molecule has 2 nitrogen and oxygen atoms in total. The molecule has 0 aromatic heterocycles. The van der Waals surface area contributed by atoms with Crippen LogP contribution in [0.15, 0.2) is 11.8 Å². The van der Waals surface area contributed by atoms with Crippen LogP contribution in [0.2, 0.25) is 0 Å². The topological polar surface area (TPSA) is 26.3 Å². The van der Waals surface area contributed by atoms with E-state index in [1.807, 2.05) is 13.0 Å². The van der Waals surface area contributed by atoms with Gasteiger partial charge in [-0.05, 0) is 19.9 Å². The standard InChI is InChI=1S/C10H12O2/c1-3-5-6-8-7-9(4-2)12-10(8)11/h4,8H,6-7H2,1-2H3/b9-4-/t8-/m0/s1. The lowest BCUT2D eigenvalue weighted by atomic mass is 10.0. The van der Waals surface area contributed by atoms with Gasteiger partial charge in [0.25, 0.3) is 0 Å². The average Bonchev–Trinajstić information content (AvgIpc) is 2.43. The molecule has 1 aliphatic rings. The van der Waals surface area contributed by atoms with Crippen molar-refractivity contribution in [2.24, 2.45) is 5.92 Å². The van der Waals surface area contributed by atoms with Crippen LogP contribution in [0.1, 0.15) is 26.7 Å². The van der Waals surface area contributed by atoms with E-state index in [9.17, 15) is 4.79 Å². The number of cyclic esters (lactones) is 1. The van der Waals surface area contributed by atoms with Crippen molar-refractivity contribution in [3.05, 3.63) is 11.8 Å². The summed E-state index contributed by atoms with van der Waals surface area (Å²) in [6.45, 7) is 3.65. The summed E-state index contributed by atoms with van der Waals surface area (Å²) in [7, 11) is 0. The van der Waals surface area contributed by atoms with Crippen LogP contribution >= 0.6 is 0 Å². The Balaban J connectivity index is 2.56. The summed E-state index contributed by atoms with van der Waals surface area (Å²) >= 11 is 0. The smallest absolute Gasteiger partial charge is 0.315 e. The molecule has 64 valence electrons. The molecular weight excluding hydrogens is 152 g/mol. The van der Waals surface area contributed by atoms with Crippen LogP contribution in [0.4, 0.5) is 0 Å². The molecule has 0 N–H and O–H groups in total. The zero-order valence-corrected chi connectivity index (χ0v) is 7.39. The minimum atomic E-state index is -0.133. The molecule has 0 aromatic rings. The van der Waals surface area contributed by atoms with Gasteiger partial charge >= 0.3 is 5.97 Å². The molecule has 2 heteroatoms. The molecule has 0 amide bonds. The van der Waals surface area contributed by atoms with Gasteiger partial charge in [0.15, 0.2) is 0 Å². The van der Waals surface area contributed by atoms with Gasteiger partial charge in [-0.3, -0.25) is 4.79 Å². The van der Waals surface area contributed by atoms with E-state index < -0.39 is 0 Å². The Labute approximate surface area is 72.6 Å². The number of allylic oxidation sites excluding steroid dienone is 2. The highest BCUT2D eigenvalue weighted by Crippen LogP contribution is 2.26. The number of esters is 1. The molecule has 0 aromatic carbocycles. The lowest BCUT2D eigenvalue weighted by molar-refractivity contribution is -0.138. The second-order valence-electron chi connectivity index (χ2n) is 2.71. The van der Waals surface area contributed by atoms with Gasteiger partial charge in [-0.25, -0.2) is 0 Å². The van der Waals surface area contributed by atoms with E-state index in [4.69, 9.17) is 4.74 Å². The molecular formula is C10H12O2. The highest BCUT2D eigenvalue weighted by atomic mass is 16.5. The van der Waals surface area contributed by atoms with Crippen molar-refractivity contribution < 1.29 is 9.53 Å². The molecule has 1 saturated heterocycles. The molecule has 1 fully saturated rings. The Morgan fingerprint density at radius 2 is 2.50 bits per heavy atom. The van der Waals surface area contributed by atoms with Crippen molar-refractivity contribution in [2.75, 3.05) is 0 Å². The highest BCUT2D eigenvalue weighted by Gasteiger charge is 2.29. The van der Waals surface area contributed by atoms with Crippen LogP contribution in [0.3, 0.4) is 0 Å². The number of hydrogen-bond donors (Lipinski definition) is 0. The minimum absolute atomic E-state index is 0.0383. The minimum Gasteiger partial charge on any atom is -0.431 e. The van der Waals surface area contributed by atoms with Gasteiger partial charge in [0, 0.05) is 12.8 Å². The summed E-state index contributed by atoms with van der Waals surface area (Å²) in [4.78, 5) is 11.1. The monoisotopic (exact) mass is 164 g/mol. The van der Waals surface area contributed by atoms with Gasteiger partial charge in [-0.1, -0.05) is 0 Å². The lowest BCUT2D eigenvalue weighted by Crippen LogP contribution is -2.05. The first-order chi connectivity index (χ1) is 5.77. The first kappa shape index (κ1) is 8.86. The summed E-state index contributed by atoms with van der Waals surface area (Å²) in [6.07, 6.45) is 3.16. The number of rotatable bonds is 1. The highest BCUT2D eigenvalue weighted by molar-refractivity contribution is 5.76. The van der Waals surface area contributed by atoms with Crippen LogP contribution in [-0.4, -0.2) is 5.97 Å². The van der Waals surface area contributed by atoms with E-state index in [0.29, 0.717) is 12.8 Å². The fourth-order valence-electron chi connectivity index (χ4n) is 1.14. The van der Waals surface area contributed by atoms with Crippen LogP contribution in [0, 0.1) is 17.8 Å². The summed E-state index contributed by atoms with van der Waals surface area (Å²) < 4.78 is 4.97. The molecule has 1 atom stereocenters. The predicted octanol–water partition coefficient (Wildman–Crippen LogP) is 1.87. The van der Waals surface area contributed by atoms with Crippen molar-refractivity contribution in [2.45, 2.75) is 26.7 Å². The molecule has 0 unspecified atom stereocenters. The van der Waals surface area contributed by atoms with Crippen LogP contribution < -0.4 is 0 Å². The Kier molecular flexibility index (Phi) is 2.93. The molecule has 0 radical (unpaired) electrons. The molecule has 12 heavy (non-hydrogen) atoms. The van der Waals surface area contributed by atoms with Gasteiger partial charge in [-0.2, -0.15) is 0 Å². The number of carbonyl (C=O) groups excluding carboxylic acids is 1. The van der Waals surface area contributed by atoms with E-state index in [2.05, 4.69) is 11.8 Å². The summed E-state index contributed by atoms with van der Waals surface area (Å²) in [6, 6.07) is 0. The van der Waals surface area contributed by atoms with Crippen molar-refractivity contribution in [3.63, 3.8) is 0 Å². The number of carbonyl (C=O) groups is 1. The Morgan fingerprint density at radius 3 is 3.00 bits per heavy atom. The summed E-state index contributed by atoms with van der Waals surface area (Å²) in [5, 5.41) is 0. The van der Waals surface area contributed by atoms with Gasteiger partial charge in [0.1, 0.15) is 5.76 Å². The Morgan fingerprint density at radius 1 is 1.75 bits per heavy atom. The second-order valence-corrected chi connectivity index (χ2v) is 2.71. The third-order valence-electron chi connectivity index (χ3n) is 1.86. The maximum atomic E-state index is 11.1.